The monoisotopic (exact) mass is 649 g/mol. The first-order valence-electron chi connectivity index (χ1n) is 15.7. The fourth-order valence-electron chi connectivity index (χ4n) is 7.37. The zero-order valence-corrected chi connectivity index (χ0v) is 27.2. The van der Waals surface area contributed by atoms with Crippen LogP contribution in [0.2, 0.25) is 0 Å². The van der Waals surface area contributed by atoms with Crippen LogP contribution in [0.1, 0.15) is 29.5 Å². The Balaban J connectivity index is 1.49. The number of ketones is 2. The predicted molar refractivity (Wildman–Crippen MR) is 173 cm³/mol. The van der Waals surface area contributed by atoms with Gasteiger partial charge in [0.15, 0.2) is 11.4 Å². The van der Waals surface area contributed by atoms with Gasteiger partial charge in [0, 0.05) is 44.9 Å². The molecule has 0 spiro atoms. The van der Waals surface area contributed by atoms with Crippen LogP contribution in [0.4, 0.5) is 0 Å². The Morgan fingerprint density at radius 3 is 2.49 bits per heavy atom. The summed E-state index contributed by atoms with van der Waals surface area (Å²) in [6.45, 7) is 3.28. The van der Waals surface area contributed by atoms with Crippen LogP contribution in [-0.2, 0) is 36.8 Å². The van der Waals surface area contributed by atoms with Gasteiger partial charge < -0.3 is 35.6 Å². The van der Waals surface area contributed by atoms with Crippen molar-refractivity contribution in [3.05, 3.63) is 70.0 Å². The molecule has 47 heavy (non-hydrogen) atoms. The minimum absolute atomic E-state index is 0.0270. The number of phenols is 1. The molecule has 3 aliphatic rings. The number of hydrogen-bond acceptors (Lipinski definition) is 11. The van der Waals surface area contributed by atoms with E-state index in [2.05, 4.69) is 4.90 Å². The number of fused-ring (bicyclic) bond motifs is 3. The average Bonchev–Trinajstić information content (AvgIpc) is 3.00. The van der Waals surface area contributed by atoms with E-state index in [1.54, 1.807) is 27.3 Å². The van der Waals surface area contributed by atoms with Gasteiger partial charge >= 0.3 is 0 Å². The molecule has 12 heteroatoms. The number of aromatic hydroxyl groups is 1. The van der Waals surface area contributed by atoms with E-state index in [9.17, 15) is 34.8 Å². The standard InChI is InChI=1S/C35H43N3O9/c1-37(2)29-24-17-21-16-23-22(20-8-5-7-19(15-20)18-38(3)11-14-47-13-6-12-46-4)9-10-25(39)27(23)30(40)26(21)32(42)35(24,45)33(43)28(31(29)41)34(36)44/h5,7-10,15,21,24,29,39-40,43,45H,6,11-14,16-18H2,1-4H3,(H2,36,44)/t21-,24-,29-,35-/m0/s1. The van der Waals surface area contributed by atoms with E-state index >= 15 is 0 Å². The number of carbonyl (C=O) groups is 3. The highest BCUT2D eigenvalue weighted by molar-refractivity contribution is 6.24. The number of rotatable bonds is 12. The quantitative estimate of drug-likeness (QED) is 0.168. The Morgan fingerprint density at radius 1 is 1.06 bits per heavy atom. The van der Waals surface area contributed by atoms with Crippen molar-refractivity contribution < 1.29 is 44.3 Å². The van der Waals surface area contributed by atoms with Gasteiger partial charge in [0.25, 0.3) is 5.91 Å². The van der Waals surface area contributed by atoms with Crippen LogP contribution >= 0.6 is 0 Å². The van der Waals surface area contributed by atoms with Crippen molar-refractivity contribution in [1.82, 2.24) is 9.80 Å². The van der Waals surface area contributed by atoms with Gasteiger partial charge in [-0.15, -0.1) is 0 Å². The van der Waals surface area contributed by atoms with Crippen molar-refractivity contribution in [2.75, 3.05) is 54.6 Å². The van der Waals surface area contributed by atoms with Crippen molar-refractivity contribution in [2.45, 2.75) is 37.5 Å². The zero-order chi connectivity index (χ0) is 34.2. The lowest BCUT2D eigenvalue weighted by Crippen LogP contribution is -2.65. The molecule has 0 aliphatic heterocycles. The van der Waals surface area contributed by atoms with Gasteiger partial charge in [-0.05, 0) is 80.7 Å². The number of primary amides is 1. The zero-order valence-electron chi connectivity index (χ0n) is 27.2. The van der Waals surface area contributed by atoms with Crippen molar-refractivity contribution in [2.24, 2.45) is 17.6 Å². The molecule has 3 aliphatic carbocycles. The maximum Gasteiger partial charge on any atom is 0.255 e. The van der Waals surface area contributed by atoms with Gasteiger partial charge in [0.05, 0.1) is 18.2 Å². The second-order valence-electron chi connectivity index (χ2n) is 12.8. The Bertz CT molecular complexity index is 1650. The predicted octanol–water partition coefficient (Wildman–Crippen LogP) is 2.12. The molecule has 0 bridgehead atoms. The third kappa shape index (κ3) is 6.07. The number of ether oxygens (including phenoxy) is 2. The van der Waals surface area contributed by atoms with Gasteiger partial charge in [-0.2, -0.15) is 0 Å². The lowest BCUT2D eigenvalue weighted by molar-refractivity contribution is -0.153. The fourth-order valence-corrected chi connectivity index (χ4v) is 7.37. The molecule has 0 unspecified atom stereocenters. The number of Topliss-reactive ketones (excluding diaryl/α,β-unsaturated/α-hetero) is 2. The molecule has 252 valence electrons. The number of aliphatic hydroxyl groups excluding tert-OH is 2. The molecule has 0 saturated heterocycles. The van der Waals surface area contributed by atoms with Gasteiger partial charge in [0.1, 0.15) is 22.8 Å². The number of phenolic OH excluding ortho intramolecular Hbond substituents is 1. The van der Waals surface area contributed by atoms with Crippen molar-refractivity contribution in [1.29, 1.82) is 0 Å². The molecular weight excluding hydrogens is 606 g/mol. The lowest BCUT2D eigenvalue weighted by Gasteiger charge is -2.50. The van der Waals surface area contributed by atoms with Gasteiger partial charge in [0.2, 0.25) is 5.78 Å². The minimum Gasteiger partial charge on any atom is -0.508 e. The summed E-state index contributed by atoms with van der Waals surface area (Å²) in [5.41, 5.74) is 5.05. The van der Waals surface area contributed by atoms with E-state index in [4.69, 9.17) is 15.2 Å². The van der Waals surface area contributed by atoms with Crippen molar-refractivity contribution >= 4 is 23.2 Å². The third-order valence-electron chi connectivity index (χ3n) is 9.55. The highest BCUT2D eigenvalue weighted by Crippen LogP contribution is 2.53. The smallest absolute Gasteiger partial charge is 0.255 e. The van der Waals surface area contributed by atoms with E-state index in [1.807, 2.05) is 31.3 Å². The van der Waals surface area contributed by atoms with Gasteiger partial charge in [-0.25, -0.2) is 0 Å². The molecule has 2 aromatic rings. The molecule has 0 heterocycles. The van der Waals surface area contributed by atoms with Gasteiger partial charge in [-0.3, -0.25) is 24.2 Å². The molecule has 6 N–H and O–H groups in total. The maximum absolute atomic E-state index is 14.1. The highest BCUT2D eigenvalue weighted by Gasteiger charge is 2.64. The van der Waals surface area contributed by atoms with E-state index < -0.39 is 58.0 Å². The first-order valence-corrected chi connectivity index (χ1v) is 15.7. The van der Waals surface area contributed by atoms with Crippen LogP contribution in [0.5, 0.6) is 5.75 Å². The largest absolute Gasteiger partial charge is 0.508 e. The Kier molecular flexibility index (Phi) is 9.90. The Morgan fingerprint density at radius 2 is 1.81 bits per heavy atom. The molecule has 4 atom stereocenters. The van der Waals surface area contributed by atoms with E-state index in [1.165, 1.54) is 11.0 Å². The van der Waals surface area contributed by atoms with E-state index in [0.29, 0.717) is 31.9 Å². The molecule has 0 aromatic heterocycles. The number of benzene rings is 2. The topological polar surface area (TPSA) is 183 Å². The first kappa shape index (κ1) is 34.3. The Labute approximate surface area is 273 Å². The van der Waals surface area contributed by atoms with Crippen LogP contribution in [-0.4, -0.2) is 114 Å². The highest BCUT2D eigenvalue weighted by atomic mass is 16.5. The van der Waals surface area contributed by atoms with Gasteiger partial charge in [-0.1, -0.05) is 24.3 Å². The molecule has 1 fully saturated rings. The summed E-state index contributed by atoms with van der Waals surface area (Å²) >= 11 is 0. The fraction of sp³-hybridized carbons (Fsp3) is 0.457. The number of nitrogens with two attached hydrogens (primary N) is 1. The summed E-state index contributed by atoms with van der Waals surface area (Å²) in [4.78, 5) is 43.3. The first-order chi connectivity index (χ1) is 22.3. The number of amides is 1. The Hall–Kier alpha value is -4.07. The number of carbonyl (C=O) groups excluding carboxylic acids is 3. The molecular formula is C35H43N3O9. The van der Waals surface area contributed by atoms with Crippen molar-refractivity contribution in [3.63, 3.8) is 0 Å². The second kappa shape index (κ2) is 13.6. The minimum atomic E-state index is -2.67. The van der Waals surface area contributed by atoms with Crippen LogP contribution in [0.15, 0.2) is 53.3 Å². The maximum atomic E-state index is 14.1. The SMILES string of the molecule is COCCCOCCN(C)Cc1cccc(-c2ccc(O)c3c2C[C@H]2C[C@H]4[C@H](N(C)C)C(=O)C(C(N)=O)=C(O)[C@@]4(O)C(=O)C2=C3O)c1. The van der Waals surface area contributed by atoms with Crippen molar-refractivity contribution in [3.8, 4) is 16.9 Å². The number of nitrogens with zero attached hydrogens (tertiary/aromatic N) is 2. The lowest BCUT2D eigenvalue weighted by atomic mass is 9.57. The molecule has 5 rings (SSSR count). The van der Waals surface area contributed by atoms with Crippen LogP contribution < -0.4 is 5.73 Å². The average molecular weight is 650 g/mol. The number of likely N-dealkylation sites (N-methyl/N-ethyl adjacent to an activating group) is 2. The van der Waals surface area contributed by atoms with Crippen LogP contribution in [0.25, 0.3) is 16.9 Å². The summed E-state index contributed by atoms with van der Waals surface area (Å²) in [6.07, 6.45) is 1.08. The summed E-state index contributed by atoms with van der Waals surface area (Å²) in [6, 6.07) is 10.0. The molecule has 1 saturated carbocycles. The summed E-state index contributed by atoms with van der Waals surface area (Å²) in [5.74, 6) is -6.74. The van der Waals surface area contributed by atoms with E-state index in [0.717, 1.165) is 29.7 Å². The summed E-state index contributed by atoms with van der Waals surface area (Å²) in [5, 5.41) is 45.4. The third-order valence-corrected chi connectivity index (χ3v) is 9.55. The summed E-state index contributed by atoms with van der Waals surface area (Å²) in [7, 11) is 6.82. The normalized spacial score (nSPS) is 24.1. The van der Waals surface area contributed by atoms with E-state index in [-0.39, 0.29) is 29.7 Å². The van der Waals surface area contributed by atoms with Crippen LogP contribution in [0.3, 0.4) is 0 Å². The summed E-state index contributed by atoms with van der Waals surface area (Å²) < 4.78 is 10.7. The number of methoxy groups -OCH3 is 1. The second-order valence-corrected chi connectivity index (χ2v) is 12.8. The molecule has 0 radical (unpaired) electrons. The molecule has 2 aromatic carbocycles. The molecule has 12 nitrogen and oxygen atoms in total. The van der Waals surface area contributed by atoms with Crippen LogP contribution in [0, 0.1) is 11.8 Å². The number of hydrogen-bond donors (Lipinski definition) is 5. The number of aliphatic hydroxyl groups is 3. The molecule has 1 amide bonds.